The summed E-state index contributed by atoms with van der Waals surface area (Å²) in [5.74, 6) is 0.539. The van der Waals surface area contributed by atoms with Gasteiger partial charge in [-0.05, 0) is 55.8 Å². The molecule has 0 spiro atoms. The molecule has 0 aliphatic heterocycles. The quantitative estimate of drug-likeness (QED) is 0.417. The topological polar surface area (TPSA) is 46.5 Å². The molecule has 1 rings (SSSR count). The van der Waals surface area contributed by atoms with Crippen LogP contribution in [-0.2, 0) is 9.53 Å². The lowest BCUT2D eigenvalue weighted by Crippen LogP contribution is -2.37. The molecule has 0 heterocycles. The third-order valence-corrected chi connectivity index (χ3v) is 5.65. The average molecular weight is 296 g/mol. The molecule has 0 saturated heterocycles. The summed E-state index contributed by atoms with van der Waals surface area (Å²) in [7, 11) is 0. The second-order valence-electron chi connectivity index (χ2n) is 7.09. The van der Waals surface area contributed by atoms with Crippen LogP contribution in [0.15, 0.2) is 12.2 Å². The Morgan fingerprint density at radius 1 is 1.33 bits per heavy atom. The molecule has 3 nitrogen and oxygen atoms in total. The molecule has 1 saturated carbocycles. The van der Waals surface area contributed by atoms with E-state index in [1.165, 1.54) is 12.8 Å². The lowest BCUT2D eigenvalue weighted by Gasteiger charge is -2.40. The fraction of sp³-hybridized carbons (Fsp3) is 0.833. The lowest BCUT2D eigenvalue weighted by molar-refractivity contribution is -0.142. The first-order valence-corrected chi connectivity index (χ1v) is 8.29. The number of allylic oxidation sites excluding steroid dienone is 1. The first kappa shape index (κ1) is 18.2. The van der Waals surface area contributed by atoms with Crippen molar-refractivity contribution in [1.82, 2.24) is 0 Å². The molecule has 0 aromatic heterocycles. The van der Waals surface area contributed by atoms with E-state index >= 15 is 0 Å². The Bertz CT molecular complexity index is 359. The molecule has 0 amide bonds. The Hall–Kier alpha value is -0.830. The molecule has 1 aliphatic rings. The summed E-state index contributed by atoms with van der Waals surface area (Å²) in [6.45, 7) is 9.38. The molecule has 0 aromatic rings. The first-order valence-electron chi connectivity index (χ1n) is 8.29. The van der Waals surface area contributed by atoms with E-state index in [0.717, 1.165) is 19.3 Å². The van der Waals surface area contributed by atoms with Gasteiger partial charge in [-0.25, -0.2) is 0 Å². The van der Waals surface area contributed by atoms with Crippen molar-refractivity contribution in [3.63, 3.8) is 0 Å². The number of aliphatic hydroxyl groups is 1. The number of rotatable bonds is 8. The van der Waals surface area contributed by atoms with Crippen LogP contribution in [-0.4, -0.2) is 24.3 Å². The van der Waals surface area contributed by atoms with Gasteiger partial charge in [0, 0.05) is 6.61 Å². The fourth-order valence-electron chi connectivity index (χ4n) is 3.46. The van der Waals surface area contributed by atoms with Crippen LogP contribution in [0.5, 0.6) is 0 Å². The normalized spacial score (nSPS) is 28.1. The van der Waals surface area contributed by atoms with E-state index in [0.29, 0.717) is 18.9 Å². The zero-order valence-electron chi connectivity index (χ0n) is 14.2. The summed E-state index contributed by atoms with van der Waals surface area (Å²) < 4.78 is 4.88. The fourth-order valence-corrected chi connectivity index (χ4v) is 3.46. The van der Waals surface area contributed by atoms with Crippen molar-refractivity contribution >= 4 is 5.97 Å². The van der Waals surface area contributed by atoms with Gasteiger partial charge in [0.25, 0.3) is 0 Å². The van der Waals surface area contributed by atoms with Crippen molar-refractivity contribution in [2.45, 2.75) is 66.2 Å². The molecule has 0 radical (unpaired) electrons. The van der Waals surface area contributed by atoms with E-state index in [1.807, 2.05) is 13.0 Å². The van der Waals surface area contributed by atoms with E-state index in [1.54, 1.807) is 0 Å². The van der Waals surface area contributed by atoms with Gasteiger partial charge in [-0.15, -0.1) is 0 Å². The number of unbranched alkanes of at least 4 members (excludes halogenated alkanes) is 1. The molecule has 1 aliphatic carbocycles. The highest BCUT2D eigenvalue weighted by Crippen LogP contribution is 2.56. The van der Waals surface area contributed by atoms with Gasteiger partial charge >= 0.3 is 5.97 Å². The van der Waals surface area contributed by atoms with Crippen molar-refractivity contribution in [3.05, 3.63) is 12.2 Å². The summed E-state index contributed by atoms with van der Waals surface area (Å²) >= 11 is 0. The minimum absolute atomic E-state index is 0.0669. The minimum Gasteiger partial charge on any atom is -0.466 e. The maximum Gasteiger partial charge on any atom is 0.309 e. The van der Waals surface area contributed by atoms with Gasteiger partial charge in [0.15, 0.2) is 0 Å². The van der Waals surface area contributed by atoms with Gasteiger partial charge < -0.3 is 9.84 Å². The molecule has 21 heavy (non-hydrogen) atoms. The molecule has 1 fully saturated rings. The van der Waals surface area contributed by atoms with Crippen LogP contribution >= 0.6 is 0 Å². The van der Waals surface area contributed by atoms with E-state index in [4.69, 9.17) is 4.74 Å². The van der Waals surface area contributed by atoms with E-state index in [-0.39, 0.29) is 23.4 Å². The SMILES string of the molecule is CCOC(=O)CC=CCCC[C@H]1CCC(C)(CO)C1(C)C. The summed E-state index contributed by atoms with van der Waals surface area (Å²) in [5.41, 5.74) is 0.272. The molecule has 1 unspecified atom stereocenters. The van der Waals surface area contributed by atoms with Gasteiger partial charge in [-0.1, -0.05) is 32.9 Å². The maximum atomic E-state index is 11.2. The summed E-state index contributed by atoms with van der Waals surface area (Å²) in [4.78, 5) is 11.2. The molecular formula is C18H32O3. The van der Waals surface area contributed by atoms with Crippen molar-refractivity contribution in [1.29, 1.82) is 0 Å². The van der Waals surface area contributed by atoms with Crippen molar-refractivity contribution < 1.29 is 14.6 Å². The molecule has 3 heteroatoms. The Labute approximate surface area is 129 Å². The van der Waals surface area contributed by atoms with Gasteiger partial charge in [-0.2, -0.15) is 0 Å². The van der Waals surface area contributed by atoms with Crippen molar-refractivity contribution in [2.75, 3.05) is 13.2 Å². The highest BCUT2D eigenvalue weighted by Gasteiger charge is 2.50. The number of hydrogen-bond acceptors (Lipinski definition) is 3. The van der Waals surface area contributed by atoms with Crippen molar-refractivity contribution in [3.8, 4) is 0 Å². The predicted molar refractivity (Wildman–Crippen MR) is 85.9 cm³/mol. The molecule has 122 valence electrons. The van der Waals surface area contributed by atoms with Crippen molar-refractivity contribution in [2.24, 2.45) is 16.7 Å². The van der Waals surface area contributed by atoms with Crippen LogP contribution < -0.4 is 0 Å². The molecule has 2 atom stereocenters. The van der Waals surface area contributed by atoms with Gasteiger partial charge in [0.1, 0.15) is 0 Å². The second kappa shape index (κ2) is 7.98. The molecular weight excluding hydrogens is 264 g/mol. The van der Waals surface area contributed by atoms with E-state index in [9.17, 15) is 9.90 Å². The zero-order valence-corrected chi connectivity index (χ0v) is 14.2. The summed E-state index contributed by atoms with van der Waals surface area (Å²) in [6.07, 6.45) is 10.1. The number of hydrogen-bond donors (Lipinski definition) is 1. The predicted octanol–water partition coefficient (Wildman–Crippen LogP) is 4.10. The highest BCUT2D eigenvalue weighted by molar-refractivity contribution is 5.71. The maximum absolute atomic E-state index is 11.2. The lowest BCUT2D eigenvalue weighted by atomic mass is 9.65. The van der Waals surface area contributed by atoms with Gasteiger partial charge in [0.05, 0.1) is 13.0 Å². The highest BCUT2D eigenvalue weighted by atomic mass is 16.5. The van der Waals surface area contributed by atoms with Crippen LogP contribution in [0.4, 0.5) is 0 Å². The number of ether oxygens (including phenoxy) is 1. The Morgan fingerprint density at radius 2 is 2.05 bits per heavy atom. The van der Waals surface area contributed by atoms with Gasteiger partial charge in [-0.3, -0.25) is 4.79 Å². The third-order valence-electron chi connectivity index (χ3n) is 5.65. The van der Waals surface area contributed by atoms with Gasteiger partial charge in [0.2, 0.25) is 0 Å². The number of aliphatic hydroxyl groups excluding tert-OH is 1. The molecule has 1 N–H and O–H groups in total. The van der Waals surface area contributed by atoms with Crippen LogP contribution in [0, 0.1) is 16.7 Å². The number of carbonyl (C=O) groups is 1. The van der Waals surface area contributed by atoms with Crippen LogP contribution in [0.1, 0.15) is 66.2 Å². The van der Waals surface area contributed by atoms with E-state index < -0.39 is 0 Å². The molecule has 0 aromatic carbocycles. The van der Waals surface area contributed by atoms with Crippen LogP contribution in [0.2, 0.25) is 0 Å². The first-order chi connectivity index (χ1) is 9.87. The Balaban J connectivity index is 2.28. The Morgan fingerprint density at radius 3 is 2.62 bits per heavy atom. The third kappa shape index (κ3) is 4.57. The minimum atomic E-state index is -0.149. The van der Waals surface area contributed by atoms with Crippen LogP contribution in [0.25, 0.3) is 0 Å². The zero-order chi connectivity index (χ0) is 15.9. The monoisotopic (exact) mass is 296 g/mol. The largest absolute Gasteiger partial charge is 0.466 e. The van der Waals surface area contributed by atoms with E-state index in [2.05, 4.69) is 26.8 Å². The standard InChI is InChI=1S/C18H32O3/c1-5-21-16(20)11-9-7-6-8-10-15-12-13-18(4,14-19)17(15,2)3/h7,9,15,19H,5-6,8,10-14H2,1-4H3/t15-,18?/m0/s1. The summed E-state index contributed by atoms with van der Waals surface area (Å²) in [5, 5.41) is 9.66. The smallest absolute Gasteiger partial charge is 0.309 e. The number of esters is 1. The number of carbonyl (C=O) groups excluding carboxylic acids is 1. The second-order valence-corrected chi connectivity index (χ2v) is 7.09. The Kier molecular flexibility index (Phi) is 6.92. The average Bonchev–Trinajstić information content (AvgIpc) is 2.66. The van der Waals surface area contributed by atoms with Crippen LogP contribution in [0.3, 0.4) is 0 Å². The summed E-state index contributed by atoms with van der Waals surface area (Å²) in [6, 6.07) is 0. The molecule has 0 bridgehead atoms.